The third-order valence-corrected chi connectivity index (χ3v) is 13.1. The van der Waals surface area contributed by atoms with Gasteiger partial charge in [0.2, 0.25) is 0 Å². The van der Waals surface area contributed by atoms with Crippen molar-refractivity contribution in [2.75, 3.05) is 35.5 Å². The third kappa shape index (κ3) is 12.4. The number of para-hydroxylation sites is 2. The number of aromatic nitrogens is 4. The van der Waals surface area contributed by atoms with Gasteiger partial charge >= 0.3 is 12.1 Å². The molecule has 14 nitrogen and oxygen atoms in total. The minimum atomic E-state index is -0.489. The van der Waals surface area contributed by atoms with Crippen LogP contribution in [0.4, 0.5) is 31.2 Å². The summed E-state index contributed by atoms with van der Waals surface area (Å²) in [6, 6.07) is 33.1. The Bertz CT molecular complexity index is 2780. The quantitative estimate of drug-likeness (QED) is 0.0757. The zero-order chi connectivity index (χ0) is 46.4. The molecule has 0 aliphatic heterocycles. The number of nitrogens with zero attached hydrogens (tertiary/aromatic N) is 4. The summed E-state index contributed by atoms with van der Waals surface area (Å²) in [4.78, 5) is 69.7. The molecule has 0 radical (unpaired) electrons. The highest BCUT2D eigenvalue weighted by Gasteiger charge is 2.21. The summed E-state index contributed by atoms with van der Waals surface area (Å²) in [6.45, 7) is 3.78. The second-order valence-corrected chi connectivity index (χ2v) is 18.6. The Morgan fingerprint density at radius 2 is 1.03 bits per heavy atom. The molecule has 4 aromatic heterocycles. The largest absolute Gasteiger partial charge is 0.496 e. The first kappa shape index (κ1) is 46.6. The first-order chi connectivity index (χ1) is 32.1. The summed E-state index contributed by atoms with van der Waals surface area (Å²) in [5.74, 6) is 0.464. The zero-order valence-electron chi connectivity index (χ0n) is 35.7. The molecule has 332 valence electrons. The number of amides is 4. The molecule has 4 N–H and O–H groups in total. The number of hydrogen-bond donors (Lipinski definition) is 4. The first-order valence-corrected chi connectivity index (χ1v) is 23.1. The smallest absolute Gasteiger partial charge is 0.325 e. The van der Waals surface area contributed by atoms with Crippen molar-refractivity contribution in [3.05, 3.63) is 180 Å². The Hall–Kier alpha value is -7.38. The summed E-state index contributed by atoms with van der Waals surface area (Å²) < 4.78 is 12.5. The van der Waals surface area contributed by atoms with Gasteiger partial charge in [0.25, 0.3) is 0 Å². The van der Waals surface area contributed by atoms with E-state index >= 15 is 0 Å². The van der Waals surface area contributed by atoms with Gasteiger partial charge in [-0.3, -0.25) is 25.2 Å². The van der Waals surface area contributed by atoms with Gasteiger partial charge in [0, 0.05) is 34.6 Å². The van der Waals surface area contributed by atoms with Crippen molar-refractivity contribution in [1.29, 1.82) is 0 Å². The highest BCUT2D eigenvalue weighted by molar-refractivity contribution is 8.01. The molecular weight excluding hydrogens is 913 g/mol. The molecule has 0 fully saturated rings. The maximum Gasteiger partial charge on any atom is 0.325 e. The third-order valence-electron chi connectivity index (χ3n) is 9.14. The molecule has 66 heavy (non-hydrogen) atoms. The minimum absolute atomic E-state index is 0.240. The Morgan fingerprint density at radius 1 is 0.515 bits per heavy atom. The Balaban J connectivity index is 0.000000196. The van der Waals surface area contributed by atoms with E-state index in [1.807, 2.05) is 56.3 Å². The second kappa shape index (κ2) is 22.5. The van der Waals surface area contributed by atoms with E-state index in [0.717, 1.165) is 29.5 Å². The fourth-order valence-electron chi connectivity index (χ4n) is 6.13. The number of carbonyl (C=O) groups is 4. The van der Waals surface area contributed by atoms with Gasteiger partial charge in [-0.25, -0.2) is 24.5 Å². The second-order valence-electron chi connectivity index (χ2n) is 13.8. The number of thiazole rings is 2. The number of urea groups is 2. The zero-order valence-corrected chi connectivity index (χ0v) is 39.0. The van der Waals surface area contributed by atoms with Crippen molar-refractivity contribution in [2.45, 2.75) is 32.2 Å². The molecule has 8 rings (SSSR count). The van der Waals surface area contributed by atoms with Gasteiger partial charge in [0.05, 0.1) is 57.5 Å². The number of nitrogens with one attached hydrogen (secondary N) is 4. The van der Waals surface area contributed by atoms with Crippen LogP contribution in [0.1, 0.15) is 43.0 Å². The molecular formula is C48H40N8O6S4. The van der Waals surface area contributed by atoms with E-state index in [0.29, 0.717) is 55.4 Å². The first-order valence-electron chi connectivity index (χ1n) is 19.9. The van der Waals surface area contributed by atoms with Crippen LogP contribution in [0.3, 0.4) is 0 Å². The topological polar surface area (TPSA) is 186 Å². The molecule has 18 heteroatoms. The molecule has 0 unspecified atom stereocenters. The molecule has 8 aromatic rings. The average molecular weight is 953 g/mol. The summed E-state index contributed by atoms with van der Waals surface area (Å²) in [5.41, 5.74) is 4.19. The normalized spacial score (nSPS) is 10.5. The number of anilines is 4. The van der Waals surface area contributed by atoms with Crippen molar-refractivity contribution in [1.82, 2.24) is 19.9 Å². The van der Waals surface area contributed by atoms with Gasteiger partial charge in [-0.2, -0.15) is 0 Å². The maximum absolute atomic E-state index is 13.2. The van der Waals surface area contributed by atoms with E-state index < -0.39 is 12.1 Å². The van der Waals surface area contributed by atoms with Crippen LogP contribution in [0.5, 0.6) is 11.5 Å². The van der Waals surface area contributed by atoms with Gasteiger partial charge in [-0.15, -0.1) is 0 Å². The van der Waals surface area contributed by atoms with E-state index in [4.69, 9.17) is 9.47 Å². The van der Waals surface area contributed by atoms with Crippen LogP contribution in [0.2, 0.25) is 0 Å². The molecule has 0 saturated carbocycles. The molecule has 4 heterocycles. The van der Waals surface area contributed by atoms with Crippen LogP contribution in [-0.4, -0.2) is 57.8 Å². The molecule has 0 saturated heterocycles. The van der Waals surface area contributed by atoms with Crippen LogP contribution in [0.15, 0.2) is 165 Å². The van der Waals surface area contributed by atoms with Crippen LogP contribution in [0.25, 0.3) is 0 Å². The fraction of sp³-hybridized carbons (Fsp3) is 0.0833. The SMILES string of the molecule is COc1ccccc1C(=O)c1cc(C)ccc1NC(=O)Nc1ncc(Sc2ccccn2)s1.COc1ccccc1C(=O)c1cc(C)ccc1NC(=O)Nc1ncc(Sc2cccnc2)s1. The molecule has 4 amide bonds. The summed E-state index contributed by atoms with van der Waals surface area (Å²) in [6.07, 6.45) is 8.58. The number of methoxy groups -OCH3 is 2. The predicted molar refractivity (Wildman–Crippen MR) is 261 cm³/mol. The minimum Gasteiger partial charge on any atom is -0.496 e. The monoisotopic (exact) mass is 952 g/mol. The molecule has 0 aliphatic carbocycles. The Labute approximate surface area is 396 Å². The molecule has 0 spiro atoms. The van der Waals surface area contributed by atoms with Gasteiger partial charge in [0.15, 0.2) is 21.8 Å². The van der Waals surface area contributed by atoms with Crippen LogP contribution in [-0.2, 0) is 0 Å². The van der Waals surface area contributed by atoms with E-state index in [1.54, 1.807) is 104 Å². The number of pyridine rings is 2. The highest BCUT2D eigenvalue weighted by Crippen LogP contribution is 2.35. The van der Waals surface area contributed by atoms with Gasteiger partial charge in [0.1, 0.15) is 16.5 Å². The summed E-state index contributed by atoms with van der Waals surface area (Å²) in [5, 5.41) is 12.7. The number of ether oxygens (including phenoxy) is 2. The van der Waals surface area contributed by atoms with Gasteiger partial charge in [-0.05, 0) is 86.6 Å². The Morgan fingerprint density at radius 3 is 1.52 bits per heavy atom. The lowest BCUT2D eigenvalue weighted by Gasteiger charge is -2.13. The van der Waals surface area contributed by atoms with Crippen LogP contribution in [0, 0.1) is 13.8 Å². The molecule has 0 atom stereocenters. The van der Waals surface area contributed by atoms with Crippen molar-refractivity contribution in [3.8, 4) is 11.5 Å². The lowest BCUT2D eigenvalue weighted by Crippen LogP contribution is -2.21. The van der Waals surface area contributed by atoms with Gasteiger partial charge < -0.3 is 20.1 Å². The highest BCUT2D eigenvalue weighted by atomic mass is 32.2. The lowest BCUT2D eigenvalue weighted by atomic mass is 9.99. The van der Waals surface area contributed by atoms with Crippen molar-refractivity contribution >= 4 is 91.5 Å². The average Bonchev–Trinajstić information content (AvgIpc) is 3.98. The number of hydrogen-bond acceptors (Lipinski definition) is 14. The number of rotatable bonds is 14. The molecule has 0 bridgehead atoms. The predicted octanol–water partition coefficient (Wildman–Crippen LogP) is 11.8. The van der Waals surface area contributed by atoms with E-state index in [2.05, 4.69) is 41.2 Å². The van der Waals surface area contributed by atoms with Crippen molar-refractivity contribution in [2.24, 2.45) is 0 Å². The maximum atomic E-state index is 13.2. The fourth-order valence-corrected chi connectivity index (χ4v) is 9.74. The number of benzene rings is 4. The van der Waals surface area contributed by atoms with Crippen molar-refractivity contribution < 1.29 is 28.7 Å². The standard InChI is InChI=1S/2C24H20N4O3S2/c1-15-9-10-19(18(12-15)22(29)17-7-3-4-8-20(17)31-2)27-23(30)28-24-26-14-21(33-24)32-16-6-5-11-25-13-16;1-15-10-11-18(17(13-15)22(29)16-7-3-4-8-19(16)31-2)27-23(30)28-24-26-14-21(33-24)32-20-9-5-6-12-25-20/h2*3-14H,1-2H3,(H2,26,27,28,30). The number of aryl methyl sites for hydroxylation is 2. The van der Waals surface area contributed by atoms with Crippen LogP contribution >= 0.6 is 46.2 Å². The number of ketones is 2. The van der Waals surface area contributed by atoms with E-state index in [9.17, 15) is 19.2 Å². The van der Waals surface area contributed by atoms with E-state index in [-0.39, 0.29) is 11.6 Å². The molecule has 0 aliphatic rings. The summed E-state index contributed by atoms with van der Waals surface area (Å²) in [7, 11) is 3.03. The Kier molecular flexibility index (Phi) is 15.9. The lowest BCUT2D eigenvalue weighted by molar-refractivity contribution is 0.102. The number of carbonyl (C=O) groups excluding carboxylic acids is 4. The van der Waals surface area contributed by atoms with E-state index in [1.165, 1.54) is 60.4 Å². The van der Waals surface area contributed by atoms with Crippen molar-refractivity contribution in [3.63, 3.8) is 0 Å². The van der Waals surface area contributed by atoms with Crippen LogP contribution < -0.4 is 30.7 Å². The summed E-state index contributed by atoms with van der Waals surface area (Å²) >= 11 is 5.67. The molecule has 4 aromatic carbocycles. The van der Waals surface area contributed by atoms with Gasteiger partial charge in [-0.1, -0.05) is 99.8 Å².